The maximum absolute atomic E-state index is 12.3. The van der Waals surface area contributed by atoms with Crippen LogP contribution in [0.2, 0.25) is 0 Å². The molecule has 2 aromatic rings. The van der Waals surface area contributed by atoms with Crippen molar-refractivity contribution in [2.75, 3.05) is 13.1 Å². The molecule has 1 aromatic carbocycles. The first-order chi connectivity index (χ1) is 12.0. The molecule has 2 atom stereocenters. The molecular weight excluding hydrogens is 318 g/mol. The number of hydrogen-bond acceptors (Lipinski definition) is 4. The van der Waals surface area contributed by atoms with Gasteiger partial charge in [0.05, 0.1) is 18.7 Å². The van der Waals surface area contributed by atoms with E-state index in [9.17, 15) is 9.59 Å². The number of carbonyl (C=O) groups excluding carboxylic acids is 2. The Morgan fingerprint density at radius 1 is 1.28 bits per heavy atom. The lowest BCUT2D eigenvalue weighted by atomic mass is 9.98. The van der Waals surface area contributed by atoms with Crippen molar-refractivity contribution >= 4 is 11.8 Å². The van der Waals surface area contributed by atoms with Crippen LogP contribution < -0.4 is 11.1 Å². The van der Waals surface area contributed by atoms with Gasteiger partial charge in [-0.1, -0.05) is 19.1 Å². The van der Waals surface area contributed by atoms with Crippen molar-refractivity contribution in [2.45, 2.75) is 20.0 Å². The molecule has 132 valence electrons. The van der Waals surface area contributed by atoms with E-state index in [1.807, 2.05) is 31.2 Å². The Morgan fingerprint density at radius 2 is 2.12 bits per heavy atom. The van der Waals surface area contributed by atoms with Crippen molar-refractivity contribution in [2.24, 2.45) is 17.6 Å². The van der Waals surface area contributed by atoms with Gasteiger partial charge in [0.15, 0.2) is 0 Å². The van der Waals surface area contributed by atoms with Gasteiger partial charge in [0.25, 0.3) is 5.91 Å². The van der Waals surface area contributed by atoms with Crippen LogP contribution in [0.4, 0.5) is 0 Å². The summed E-state index contributed by atoms with van der Waals surface area (Å²) in [6.45, 7) is 4.62. The van der Waals surface area contributed by atoms with E-state index >= 15 is 0 Å². The smallest absolute Gasteiger partial charge is 0.251 e. The molecule has 1 aromatic heterocycles. The molecular formula is C19H23N3O3. The fourth-order valence-electron chi connectivity index (χ4n) is 3.32. The summed E-state index contributed by atoms with van der Waals surface area (Å²) >= 11 is 0. The first-order valence-electron chi connectivity index (χ1n) is 8.44. The van der Waals surface area contributed by atoms with E-state index in [0.29, 0.717) is 31.0 Å². The molecule has 0 spiro atoms. The van der Waals surface area contributed by atoms with Gasteiger partial charge in [-0.25, -0.2) is 0 Å². The number of rotatable bonds is 6. The third kappa shape index (κ3) is 4.28. The highest BCUT2D eigenvalue weighted by Crippen LogP contribution is 2.24. The first kappa shape index (κ1) is 17.2. The molecule has 2 amide bonds. The summed E-state index contributed by atoms with van der Waals surface area (Å²) in [6.07, 6.45) is 1.58. The molecule has 25 heavy (non-hydrogen) atoms. The van der Waals surface area contributed by atoms with Crippen LogP contribution in [0.1, 0.15) is 28.6 Å². The molecule has 0 bridgehead atoms. The molecule has 2 heterocycles. The van der Waals surface area contributed by atoms with E-state index in [0.717, 1.165) is 12.1 Å². The lowest BCUT2D eigenvalue weighted by molar-refractivity contribution is -0.122. The third-order valence-corrected chi connectivity index (χ3v) is 4.65. The van der Waals surface area contributed by atoms with Gasteiger partial charge in [0.2, 0.25) is 5.91 Å². The number of furan rings is 1. The van der Waals surface area contributed by atoms with Crippen LogP contribution in [0, 0.1) is 11.8 Å². The number of nitrogens with two attached hydrogens (primary N) is 1. The van der Waals surface area contributed by atoms with E-state index in [4.69, 9.17) is 10.2 Å². The van der Waals surface area contributed by atoms with Crippen LogP contribution in [-0.4, -0.2) is 29.8 Å². The minimum absolute atomic E-state index is 0.0974. The molecule has 0 aliphatic carbocycles. The molecule has 1 fully saturated rings. The second kappa shape index (κ2) is 7.53. The molecule has 3 rings (SSSR count). The van der Waals surface area contributed by atoms with E-state index in [2.05, 4.69) is 10.2 Å². The number of benzene rings is 1. The Labute approximate surface area is 147 Å². The highest BCUT2D eigenvalue weighted by atomic mass is 16.3. The second-order valence-electron chi connectivity index (χ2n) is 6.64. The molecule has 1 saturated heterocycles. The minimum atomic E-state index is -0.235. The Morgan fingerprint density at radius 3 is 2.80 bits per heavy atom. The van der Waals surface area contributed by atoms with Gasteiger partial charge in [0, 0.05) is 25.2 Å². The quantitative estimate of drug-likeness (QED) is 0.838. The van der Waals surface area contributed by atoms with Crippen LogP contribution in [-0.2, 0) is 17.9 Å². The highest BCUT2D eigenvalue weighted by molar-refractivity contribution is 5.94. The topological polar surface area (TPSA) is 88.6 Å². The molecule has 0 radical (unpaired) electrons. The monoisotopic (exact) mass is 341 g/mol. The fourth-order valence-corrected chi connectivity index (χ4v) is 3.32. The predicted molar refractivity (Wildman–Crippen MR) is 93.4 cm³/mol. The van der Waals surface area contributed by atoms with Gasteiger partial charge in [-0.2, -0.15) is 0 Å². The number of nitrogens with zero attached hydrogens (tertiary/aromatic N) is 1. The molecule has 1 aliphatic heterocycles. The number of likely N-dealkylation sites (tertiary alicyclic amines) is 1. The van der Waals surface area contributed by atoms with E-state index in [1.54, 1.807) is 18.4 Å². The first-order valence-corrected chi connectivity index (χ1v) is 8.44. The zero-order chi connectivity index (χ0) is 17.8. The van der Waals surface area contributed by atoms with Crippen LogP contribution >= 0.6 is 0 Å². The second-order valence-corrected chi connectivity index (χ2v) is 6.64. The van der Waals surface area contributed by atoms with E-state index in [-0.39, 0.29) is 23.7 Å². The number of amides is 2. The van der Waals surface area contributed by atoms with Gasteiger partial charge in [0.1, 0.15) is 5.76 Å². The van der Waals surface area contributed by atoms with Crippen molar-refractivity contribution in [3.05, 3.63) is 59.5 Å². The van der Waals surface area contributed by atoms with Crippen molar-refractivity contribution < 1.29 is 14.0 Å². The predicted octanol–water partition coefficient (Wildman–Crippen LogP) is 1.76. The van der Waals surface area contributed by atoms with Crippen LogP contribution in [0.25, 0.3) is 0 Å². The lowest BCUT2D eigenvalue weighted by Gasteiger charge is -2.16. The van der Waals surface area contributed by atoms with Crippen molar-refractivity contribution in [1.29, 1.82) is 0 Å². The zero-order valence-corrected chi connectivity index (χ0v) is 14.3. The summed E-state index contributed by atoms with van der Waals surface area (Å²) in [5.41, 5.74) is 7.11. The summed E-state index contributed by atoms with van der Waals surface area (Å²) in [6, 6.07) is 11.2. The maximum atomic E-state index is 12.3. The minimum Gasteiger partial charge on any atom is -0.467 e. The Kier molecular flexibility index (Phi) is 5.19. The summed E-state index contributed by atoms with van der Waals surface area (Å²) in [5, 5.41) is 2.84. The largest absolute Gasteiger partial charge is 0.467 e. The lowest BCUT2D eigenvalue weighted by Crippen LogP contribution is -2.29. The summed E-state index contributed by atoms with van der Waals surface area (Å²) in [5.74, 6) is 0.509. The maximum Gasteiger partial charge on any atom is 0.251 e. The number of primary amides is 1. The Hall–Kier alpha value is -2.60. The summed E-state index contributed by atoms with van der Waals surface area (Å²) < 4.78 is 5.21. The van der Waals surface area contributed by atoms with Crippen LogP contribution in [0.5, 0.6) is 0 Å². The van der Waals surface area contributed by atoms with Crippen LogP contribution in [0.15, 0.2) is 47.1 Å². The van der Waals surface area contributed by atoms with E-state index in [1.165, 1.54) is 0 Å². The Balaban J connectivity index is 1.59. The number of nitrogens with one attached hydrogen (secondary N) is 1. The SMILES string of the molecule is C[C@@H]1CN(Cc2cccc(C(=O)NCc3ccco3)c2)C[C@H]1C(N)=O. The zero-order valence-electron chi connectivity index (χ0n) is 14.3. The third-order valence-electron chi connectivity index (χ3n) is 4.65. The fraction of sp³-hybridized carbons (Fsp3) is 0.368. The van der Waals surface area contributed by atoms with E-state index < -0.39 is 0 Å². The molecule has 6 nitrogen and oxygen atoms in total. The number of hydrogen-bond donors (Lipinski definition) is 2. The van der Waals surface area contributed by atoms with Gasteiger partial charge in [-0.05, 0) is 35.7 Å². The van der Waals surface area contributed by atoms with Gasteiger partial charge in [-0.3, -0.25) is 14.5 Å². The Bertz CT molecular complexity index is 742. The molecule has 6 heteroatoms. The average molecular weight is 341 g/mol. The molecule has 3 N–H and O–H groups in total. The van der Waals surface area contributed by atoms with Gasteiger partial charge >= 0.3 is 0 Å². The normalized spacial score (nSPS) is 20.5. The average Bonchev–Trinajstić information content (AvgIpc) is 3.22. The molecule has 0 unspecified atom stereocenters. The van der Waals surface area contributed by atoms with Crippen molar-refractivity contribution in [3.8, 4) is 0 Å². The van der Waals surface area contributed by atoms with Gasteiger partial charge in [-0.15, -0.1) is 0 Å². The summed E-state index contributed by atoms with van der Waals surface area (Å²) in [4.78, 5) is 26.0. The standard InChI is InChI=1S/C19H23N3O3/c1-13-10-22(12-17(13)18(20)23)11-14-4-2-5-15(8-14)19(24)21-9-16-6-3-7-25-16/h2-8,13,17H,9-12H2,1H3,(H2,20,23)(H,21,24)/t13-,17-/m1/s1. The number of carbonyl (C=O) groups is 2. The molecule has 0 saturated carbocycles. The molecule has 1 aliphatic rings. The van der Waals surface area contributed by atoms with Crippen molar-refractivity contribution in [3.63, 3.8) is 0 Å². The van der Waals surface area contributed by atoms with Crippen molar-refractivity contribution in [1.82, 2.24) is 10.2 Å². The summed E-state index contributed by atoms with van der Waals surface area (Å²) in [7, 11) is 0. The van der Waals surface area contributed by atoms with Crippen LogP contribution in [0.3, 0.4) is 0 Å². The highest BCUT2D eigenvalue weighted by Gasteiger charge is 2.33. The van der Waals surface area contributed by atoms with Gasteiger partial charge < -0.3 is 15.5 Å².